The lowest BCUT2D eigenvalue weighted by molar-refractivity contribution is -0.379. The van der Waals surface area contributed by atoms with Gasteiger partial charge in [0.2, 0.25) is 5.91 Å². The molecule has 3 rings (SSSR count). The number of amides is 1. The third-order valence-corrected chi connectivity index (χ3v) is 23.8. The van der Waals surface area contributed by atoms with E-state index in [9.17, 15) is 61.0 Å². The zero-order chi connectivity index (χ0) is 83.1. The Morgan fingerprint density at radius 2 is 0.600 bits per heavy atom. The van der Waals surface area contributed by atoms with E-state index in [2.05, 4.69) is 67.8 Å². The van der Waals surface area contributed by atoms with Crippen molar-refractivity contribution in [1.29, 1.82) is 0 Å². The van der Waals surface area contributed by atoms with Gasteiger partial charge in [0.1, 0.15) is 73.2 Å². The second kappa shape index (κ2) is 75.2. The van der Waals surface area contributed by atoms with Crippen LogP contribution in [0.25, 0.3) is 0 Å². The van der Waals surface area contributed by atoms with Crippen LogP contribution in [0.5, 0.6) is 0 Å². The molecule has 17 unspecified atom stereocenters. The molecule has 3 aliphatic rings. The average molecular weight is 1630 g/mol. The molecule has 0 radical (unpaired) electrons. The van der Waals surface area contributed by atoms with E-state index in [4.69, 9.17) is 28.4 Å². The van der Waals surface area contributed by atoms with Gasteiger partial charge in [-0.2, -0.15) is 0 Å². The Morgan fingerprint density at radius 3 is 0.939 bits per heavy atom. The van der Waals surface area contributed by atoms with E-state index in [-0.39, 0.29) is 18.9 Å². The Labute approximate surface area is 700 Å². The van der Waals surface area contributed by atoms with Crippen molar-refractivity contribution in [2.75, 3.05) is 26.4 Å². The van der Waals surface area contributed by atoms with E-state index in [1.54, 1.807) is 6.08 Å². The highest BCUT2D eigenvalue weighted by Crippen LogP contribution is 2.34. The Bertz CT molecular complexity index is 2310. The van der Waals surface area contributed by atoms with Crippen LogP contribution in [0, 0.1) is 0 Å². The monoisotopic (exact) mass is 1630 g/mol. The maximum atomic E-state index is 13.5. The fourth-order valence-corrected chi connectivity index (χ4v) is 16.3. The molecular weight excluding hydrogens is 1460 g/mol. The smallest absolute Gasteiger partial charge is 0.220 e. The Hall–Kier alpha value is -2.51. The first-order valence-electron chi connectivity index (χ1n) is 48.0. The van der Waals surface area contributed by atoms with Gasteiger partial charge in [-0.25, -0.2) is 0 Å². The van der Waals surface area contributed by atoms with Crippen LogP contribution in [-0.2, 0) is 33.2 Å². The van der Waals surface area contributed by atoms with Crippen molar-refractivity contribution in [2.45, 2.75) is 516 Å². The van der Waals surface area contributed by atoms with E-state index >= 15 is 0 Å². The van der Waals surface area contributed by atoms with Crippen LogP contribution in [0.4, 0.5) is 0 Å². The number of hydrogen-bond donors (Lipinski definition) is 12. The van der Waals surface area contributed by atoms with Crippen molar-refractivity contribution in [3.63, 3.8) is 0 Å². The zero-order valence-electron chi connectivity index (χ0n) is 73.0. The van der Waals surface area contributed by atoms with Crippen LogP contribution >= 0.6 is 0 Å². The first-order chi connectivity index (χ1) is 56.3. The SMILES string of the molecule is CC/C=C\C/C=C\C/C=C\C/C=C\CCCCCCCCCCCCCCCCCCCCCCCCCCCCC(=O)NC(COC1OC(CO)C(OC2OC(CO)C(OC3OC(CO)C(O)C(O)C3O)C(O)C2O)C(O)C1O)C(O)/C=C/CCCCCCCCCCCCCCCCCCCCCCCCCCCCCCC. The topological polar surface area (TPSA) is 307 Å². The zero-order valence-corrected chi connectivity index (χ0v) is 73.0. The average Bonchev–Trinajstić information content (AvgIpc) is 0.779. The number of carbonyl (C=O) groups is 1. The fraction of sp³-hybridized carbons (Fsp3) is 0.885. The molecule has 3 saturated heterocycles. The third-order valence-electron chi connectivity index (χ3n) is 23.8. The molecule has 0 aromatic carbocycles. The van der Waals surface area contributed by atoms with Gasteiger partial charge in [0.05, 0.1) is 38.6 Å². The molecule has 12 N–H and O–H groups in total. The van der Waals surface area contributed by atoms with Gasteiger partial charge in [-0.1, -0.05) is 408 Å². The summed E-state index contributed by atoms with van der Waals surface area (Å²) in [7, 11) is 0. The van der Waals surface area contributed by atoms with Gasteiger partial charge in [-0.15, -0.1) is 0 Å². The molecule has 19 nitrogen and oxygen atoms in total. The molecule has 3 fully saturated rings. The molecule has 0 spiro atoms. The van der Waals surface area contributed by atoms with Gasteiger partial charge >= 0.3 is 0 Å². The van der Waals surface area contributed by atoms with Gasteiger partial charge in [0.25, 0.3) is 0 Å². The first-order valence-corrected chi connectivity index (χ1v) is 48.0. The lowest BCUT2D eigenvalue weighted by atomic mass is 9.96. The molecule has 19 heteroatoms. The molecule has 674 valence electrons. The molecule has 3 aliphatic heterocycles. The van der Waals surface area contributed by atoms with Gasteiger partial charge in [-0.3, -0.25) is 4.79 Å². The summed E-state index contributed by atoms with van der Waals surface area (Å²) < 4.78 is 34.6. The standard InChI is InChI=1S/C96H177NO18/c1-3-5-7-9-11-13-15-17-19-21-23-25-27-29-31-33-35-36-37-38-39-40-41-42-44-46-48-50-52-54-56-58-60-62-64-66-68-70-72-74-84(102)97-79(80(101)73-71-69-67-65-63-61-59-57-55-53-51-49-47-45-43-34-32-30-28-26-24-22-20-18-16-14-12-10-8-6-4-2)78-110-94-90(108)87(105)92(82(76-99)112-94)115-96-91(109)88(106)93(83(77-100)113-96)114-95-89(107)86(104)85(103)81(75-98)111-95/h5,7,11,13,17,19,23,25,71,73,79-83,85-96,98-101,103-109H,3-4,6,8-10,12,14-16,18,20-22,24,26-70,72,74-78H2,1-2H3,(H,97,102)/b7-5-,13-11-,19-17-,25-23-,73-71+. The normalized spacial score (nSPS) is 24.8. The number of ether oxygens (including phenoxy) is 6. The van der Waals surface area contributed by atoms with Crippen LogP contribution in [0.1, 0.15) is 412 Å². The van der Waals surface area contributed by atoms with Crippen LogP contribution in [0.3, 0.4) is 0 Å². The van der Waals surface area contributed by atoms with Crippen LogP contribution in [0.15, 0.2) is 60.8 Å². The fourth-order valence-electron chi connectivity index (χ4n) is 16.3. The molecule has 0 aromatic heterocycles. The van der Waals surface area contributed by atoms with Crippen molar-refractivity contribution in [3.05, 3.63) is 60.8 Å². The van der Waals surface area contributed by atoms with E-state index < -0.39 is 124 Å². The molecule has 0 aromatic rings. The second-order valence-electron chi connectivity index (χ2n) is 34.2. The third kappa shape index (κ3) is 53.2. The number of rotatable bonds is 79. The number of nitrogens with one attached hydrogen (secondary N) is 1. The minimum absolute atomic E-state index is 0.247. The molecule has 17 atom stereocenters. The highest BCUT2D eigenvalue weighted by Gasteiger charge is 2.54. The van der Waals surface area contributed by atoms with E-state index in [1.807, 2.05) is 6.08 Å². The lowest BCUT2D eigenvalue weighted by Gasteiger charge is -2.48. The van der Waals surface area contributed by atoms with Crippen LogP contribution < -0.4 is 5.32 Å². The number of hydrogen-bond acceptors (Lipinski definition) is 18. The van der Waals surface area contributed by atoms with Crippen molar-refractivity contribution in [3.8, 4) is 0 Å². The summed E-state index contributed by atoms with van der Waals surface area (Å²) in [6, 6.07) is -0.975. The molecule has 3 heterocycles. The van der Waals surface area contributed by atoms with Crippen molar-refractivity contribution in [1.82, 2.24) is 5.32 Å². The first kappa shape index (κ1) is 107. The number of aliphatic hydroxyl groups is 11. The lowest BCUT2D eigenvalue weighted by Crippen LogP contribution is -2.66. The van der Waals surface area contributed by atoms with Gasteiger partial charge in [-0.05, 0) is 57.8 Å². The summed E-state index contributed by atoms with van der Waals surface area (Å²) in [5.74, 6) is -0.267. The number of carbonyl (C=O) groups excluding carboxylic acids is 1. The van der Waals surface area contributed by atoms with E-state index in [0.29, 0.717) is 6.42 Å². The predicted molar refractivity (Wildman–Crippen MR) is 466 cm³/mol. The molecule has 1 amide bonds. The van der Waals surface area contributed by atoms with E-state index in [1.165, 1.54) is 315 Å². The van der Waals surface area contributed by atoms with E-state index in [0.717, 1.165) is 70.6 Å². The quantitative estimate of drug-likeness (QED) is 0.0199. The van der Waals surface area contributed by atoms with Crippen molar-refractivity contribution >= 4 is 5.91 Å². The van der Waals surface area contributed by atoms with Gasteiger partial charge < -0.3 is 89.9 Å². The predicted octanol–water partition coefficient (Wildman–Crippen LogP) is 19.3. The summed E-state index contributed by atoms with van der Waals surface area (Å²) in [4.78, 5) is 13.5. The van der Waals surface area contributed by atoms with Crippen LogP contribution in [-0.4, -0.2) is 193 Å². The number of unbranched alkanes of at least 4 members (excludes halogenated alkanes) is 55. The minimum atomic E-state index is -1.98. The molecule has 0 bridgehead atoms. The van der Waals surface area contributed by atoms with Gasteiger partial charge in [0.15, 0.2) is 18.9 Å². The number of aliphatic hydroxyl groups excluding tert-OH is 11. The number of allylic oxidation sites excluding steroid dienone is 9. The van der Waals surface area contributed by atoms with Crippen LogP contribution in [0.2, 0.25) is 0 Å². The molecule has 0 saturated carbocycles. The second-order valence-corrected chi connectivity index (χ2v) is 34.2. The maximum Gasteiger partial charge on any atom is 0.220 e. The van der Waals surface area contributed by atoms with Gasteiger partial charge in [0, 0.05) is 6.42 Å². The highest BCUT2D eigenvalue weighted by atomic mass is 16.8. The summed E-state index contributed by atoms with van der Waals surface area (Å²) in [6.45, 7) is 1.70. The summed E-state index contributed by atoms with van der Waals surface area (Å²) in [6.07, 6.45) is 73.9. The summed E-state index contributed by atoms with van der Waals surface area (Å²) in [5.41, 5.74) is 0. The maximum absolute atomic E-state index is 13.5. The highest BCUT2D eigenvalue weighted by molar-refractivity contribution is 5.76. The molecule has 0 aliphatic carbocycles. The molecule has 115 heavy (non-hydrogen) atoms. The molecular formula is C96H177NO18. The van der Waals surface area contributed by atoms with Crippen molar-refractivity contribution in [2.24, 2.45) is 0 Å². The summed E-state index contributed by atoms with van der Waals surface area (Å²) in [5, 5.41) is 121. The Balaban J connectivity index is 1.29. The largest absolute Gasteiger partial charge is 0.394 e. The Morgan fingerprint density at radius 1 is 0.322 bits per heavy atom. The minimum Gasteiger partial charge on any atom is -0.394 e. The summed E-state index contributed by atoms with van der Waals surface area (Å²) >= 11 is 0. The Kier molecular flexibility index (Phi) is 69.8. The van der Waals surface area contributed by atoms with Crippen molar-refractivity contribution < 1.29 is 89.4 Å².